The molecule has 3 heteroatoms. The van der Waals surface area contributed by atoms with Crippen molar-refractivity contribution >= 4 is 12.2 Å². The van der Waals surface area contributed by atoms with Crippen LogP contribution in [0.15, 0.2) is 0 Å². The van der Waals surface area contributed by atoms with Crippen LogP contribution < -0.4 is 0 Å². The summed E-state index contributed by atoms with van der Waals surface area (Å²) in [6.45, 7) is 3.27. The van der Waals surface area contributed by atoms with Crippen LogP contribution in [0.5, 0.6) is 0 Å². The Bertz CT molecular complexity index is 171. The fraction of sp³-hybridized carbons (Fsp3) is 0.778. The van der Waals surface area contributed by atoms with E-state index in [9.17, 15) is 9.59 Å². The number of rotatable bonds is 3. The van der Waals surface area contributed by atoms with E-state index in [1.807, 2.05) is 0 Å². The number of likely N-dealkylation sites (tertiary alicyclic amines) is 1. The number of nitrogens with zero attached hydrogens (tertiary/aromatic N) is 1. The van der Waals surface area contributed by atoms with Crippen LogP contribution in [-0.4, -0.2) is 30.2 Å². The Morgan fingerprint density at radius 3 is 2.50 bits per heavy atom. The average Bonchev–Trinajstić information content (AvgIpc) is 2.05. The normalized spacial score (nSPS) is 19.2. The molecule has 0 spiro atoms. The largest absolute Gasteiger partial charge is 0.345 e. The second kappa shape index (κ2) is 4.24. The molecule has 0 aromatic carbocycles. The minimum atomic E-state index is 0.263. The van der Waals surface area contributed by atoms with Gasteiger partial charge in [-0.15, -0.1) is 0 Å². The summed E-state index contributed by atoms with van der Waals surface area (Å²) in [5.41, 5.74) is 0. The molecule has 1 fully saturated rings. The number of hydrogen-bond acceptors (Lipinski definition) is 2. The Balaban J connectivity index is 2.26. The summed E-state index contributed by atoms with van der Waals surface area (Å²) in [5.74, 6) is 0.776. The Morgan fingerprint density at radius 2 is 2.08 bits per heavy atom. The molecule has 0 aromatic rings. The minimum absolute atomic E-state index is 0.263. The van der Waals surface area contributed by atoms with Gasteiger partial charge in [0, 0.05) is 19.5 Å². The average molecular weight is 169 g/mol. The molecule has 1 amide bonds. The predicted octanol–water partition coefficient (Wildman–Crippen LogP) is 0.834. The summed E-state index contributed by atoms with van der Waals surface area (Å²) in [5, 5.41) is 0. The third-order valence-corrected chi connectivity index (χ3v) is 2.37. The highest BCUT2D eigenvalue weighted by Crippen LogP contribution is 2.19. The van der Waals surface area contributed by atoms with E-state index in [-0.39, 0.29) is 5.78 Å². The molecule has 1 saturated heterocycles. The van der Waals surface area contributed by atoms with Crippen molar-refractivity contribution in [2.75, 3.05) is 13.1 Å². The van der Waals surface area contributed by atoms with E-state index in [0.29, 0.717) is 12.3 Å². The SMILES string of the molecule is CC(=O)CC1CCN(C=O)CC1. The molecular weight excluding hydrogens is 154 g/mol. The maximum Gasteiger partial charge on any atom is 0.209 e. The van der Waals surface area contributed by atoms with Gasteiger partial charge in [-0.05, 0) is 25.7 Å². The van der Waals surface area contributed by atoms with Gasteiger partial charge in [0.05, 0.1) is 0 Å². The number of carbonyl (C=O) groups excluding carboxylic acids is 2. The molecule has 0 saturated carbocycles. The van der Waals surface area contributed by atoms with Crippen LogP contribution in [0.4, 0.5) is 0 Å². The van der Waals surface area contributed by atoms with Gasteiger partial charge in [-0.1, -0.05) is 0 Å². The minimum Gasteiger partial charge on any atom is -0.345 e. The molecule has 3 nitrogen and oxygen atoms in total. The fourth-order valence-corrected chi connectivity index (χ4v) is 1.67. The van der Waals surface area contributed by atoms with Gasteiger partial charge in [-0.25, -0.2) is 0 Å². The molecule has 0 N–H and O–H groups in total. The molecule has 0 atom stereocenters. The van der Waals surface area contributed by atoms with Gasteiger partial charge < -0.3 is 9.69 Å². The molecule has 68 valence electrons. The molecule has 1 heterocycles. The van der Waals surface area contributed by atoms with E-state index in [1.54, 1.807) is 11.8 Å². The first-order chi connectivity index (χ1) is 5.72. The van der Waals surface area contributed by atoms with Crippen molar-refractivity contribution in [3.05, 3.63) is 0 Å². The van der Waals surface area contributed by atoms with Gasteiger partial charge >= 0.3 is 0 Å². The maximum absolute atomic E-state index is 10.8. The molecule has 1 aliphatic heterocycles. The standard InChI is InChI=1S/C9H15NO2/c1-8(12)6-9-2-4-10(7-11)5-3-9/h7,9H,2-6H2,1H3. The van der Waals surface area contributed by atoms with Crippen molar-refractivity contribution in [2.24, 2.45) is 5.92 Å². The van der Waals surface area contributed by atoms with Crippen LogP contribution in [0.3, 0.4) is 0 Å². The Morgan fingerprint density at radius 1 is 1.50 bits per heavy atom. The monoisotopic (exact) mass is 169 g/mol. The maximum atomic E-state index is 10.8. The lowest BCUT2D eigenvalue weighted by Crippen LogP contribution is -2.32. The highest BCUT2D eigenvalue weighted by Gasteiger charge is 2.18. The number of Topliss-reactive ketones (excluding diaryl/α,β-unsaturated/α-hetero) is 1. The van der Waals surface area contributed by atoms with Crippen LogP contribution in [-0.2, 0) is 9.59 Å². The highest BCUT2D eigenvalue weighted by atomic mass is 16.1. The van der Waals surface area contributed by atoms with Crippen LogP contribution >= 0.6 is 0 Å². The van der Waals surface area contributed by atoms with Crippen molar-refractivity contribution in [2.45, 2.75) is 26.2 Å². The highest BCUT2D eigenvalue weighted by molar-refractivity contribution is 5.75. The Labute approximate surface area is 72.7 Å². The molecule has 1 aliphatic rings. The van der Waals surface area contributed by atoms with E-state index in [2.05, 4.69) is 0 Å². The summed E-state index contributed by atoms with van der Waals surface area (Å²) in [7, 11) is 0. The zero-order valence-corrected chi connectivity index (χ0v) is 7.45. The second-order valence-corrected chi connectivity index (χ2v) is 3.49. The molecular formula is C9H15NO2. The van der Waals surface area contributed by atoms with Crippen LogP contribution in [0, 0.1) is 5.92 Å². The van der Waals surface area contributed by atoms with E-state index >= 15 is 0 Å². The zero-order valence-electron chi connectivity index (χ0n) is 7.45. The number of ketones is 1. The number of hydrogen-bond donors (Lipinski definition) is 0. The molecule has 0 aliphatic carbocycles. The molecule has 0 unspecified atom stereocenters. The quantitative estimate of drug-likeness (QED) is 0.587. The van der Waals surface area contributed by atoms with E-state index in [0.717, 1.165) is 32.3 Å². The van der Waals surface area contributed by atoms with Crippen molar-refractivity contribution in [1.29, 1.82) is 0 Å². The van der Waals surface area contributed by atoms with Crippen LogP contribution in [0.25, 0.3) is 0 Å². The summed E-state index contributed by atoms with van der Waals surface area (Å²) < 4.78 is 0. The molecule has 12 heavy (non-hydrogen) atoms. The van der Waals surface area contributed by atoms with E-state index in [1.165, 1.54) is 0 Å². The van der Waals surface area contributed by atoms with E-state index < -0.39 is 0 Å². The van der Waals surface area contributed by atoms with Gasteiger partial charge in [-0.2, -0.15) is 0 Å². The van der Waals surface area contributed by atoms with Gasteiger partial charge in [0.15, 0.2) is 0 Å². The first kappa shape index (κ1) is 9.23. The molecule has 0 radical (unpaired) electrons. The van der Waals surface area contributed by atoms with Gasteiger partial charge in [-0.3, -0.25) is 4.79 Å². The Kier molecular flexibility index (Phi) is 3.26. The summed E-state index contributed by atoms with van der Waals surface area (Å²) in [6, 6.07) is 0. The zero-order chi connectivity index (χ0) is 8.97. The van der Waals surface area contributed by atoms with Crippen molar-refractivity contribution in [1.82, 2.24) is 4.90 Å². The smallest absolute Gasteiger partial charge is 0.209 e. The van der Waals surface area contributed by atoms with Crippen LogP contribution in [0.2, 0.25) is 0 Å². The summed E-state index contributed by atoms with van der Waals surface area (Å²) in [6.07, 6.45) is 3.55. The predicted molar refractivity (Wildman–Crippen MR) is 45.7 cm³/mol. The third kappa shape index (κ3) is 2.64. The van der Waals surface area contributed by atoms with Gasteiger partial charge in [0.1, 0.15) is 5.78 Å². The van der Waals surface area contributed by atoms with Crippen molar-refractivity contribution in [3.63, 3.8) is 0 Å². The third-order valence-electron chi connectivity index (χ3n) is 2.37. The summed E-state index contributed by atoms with van der Waals surface area (Å²) >= 11 is 0. The second-order valence-electron chi connectivity index (χ2n) is 3.49. The molecule has 1 rings (SSSR count). The van der Waals surface area contributed by atoms with E-state index in [4.69, 9.17) is 0 Å². The number of amides is 1. The van der Waals surface area contributed by atoms with Gasteiger partial charge in [0.2, 0.25) is 6.41 Å². The number of piperidine rings is 1. The van der Waals surface area contributed by atoms with Crippen LogP contribution in [0.1, 0.15) is 26.2 Å². The molecule has 0 bridgehead atoms. The lowest BCUT2D eigenvalue weighted by atomic mass is 9.92. The first-order valence-corrected chi connectivity index (χ1v) is 4.41. The number of carbonyl (C=O) groups is 2. The van der Waals surface area contributed by atoms with Gasteiger partial charge in [0.25, 0.3) is 0 Å². The topological polar surface area (TPSA) is 37.4 Å². The fourth-order valence-electron chi connectivity index (χ4n) is 1.67. The molecule has 0 aromatic heterocycles. The first-order valence-electron chi connectivity index (χ1n) is 4.41. The van der Waals surface area contributed by atoms with Crippen molar-refractivity contribution in [3.8, 4) is 0 Å². The Hall–Kier alpha value is -0.860. The lowest BCUT2D eigenvalue weighted by molar-refractivity contribution is -0.120. The lowest BCUT2D eigenvalue weighted by Gasteiger charge is -2.28. The van der Waals surface area contributed by atoms with Crippen molar-refractivity contribution < 1.29 is 9.59 Å². The summed E-state index contributed by atoms with van der Waals surface area (Å²) in [4.78, 5) is 22.9.